The number of alkyl halides is 3. The Balaban J connectivity index is 0.983. The molecular weight excluding hydrogens is 1000 g/mol. The van der Waals surface area contributed by atoms with Crippen LogP contribution in [0.2, 0.25) is 0 Å². The Bertz CT molecular complexity index is 5150. The molecule has 0 nitrogen and oxygen atoms in total. The first-order valence-electron chi connectivity index (χ1n) is 27.4. The Labute approximate surface area is 463 Å². The predicted molar refractivity (Wildman–Crippen MR) is 329 cm³/mol. The molecule has 0 amide bonds. The van der Waals surface area contributed by atoms with Crippen LogP contribution in [0.5, 0.6) is 0 Å². The normalized spacial score (nSPS) is 12.4. The number of hydrogen-bond acceptors (Lipinski definition) is 0. The van der Waals surface area contributed by atoms with E-state index in [0.29, 0.717) is 0 Å². The second kappa shape index (κ2) is 16.9. The minimum atomic E-state index is -4.48. The Morgan fingerprint density at radius 2 is 0.506 bits per heavy atom. The highest BCUT2D eigenvalue weighted by Crippen LogP contribution is 2.63. The van der Waals surface area contributed by atoms with Crippen LogP contribution in [-0.4, -0.2) is 0 Å². The maximum absolute atomic E-state index is 14.9. The summed E-state index contributed by atoms with van der Waals surface area (Å²) in [4.78, 5) is 0. The minimum absolute atomic E-state index is 0.279. The van der Waals surface area contributed by atoms with Crippen LogP contribution in [-0.2, 0) is 6.18 Å². The van der Waals surface area contributed by atoms with Crippen LogP contribution >= 0.6 is 0 Å². The molecule has 0 bridgehead atoms. The van der Waals surface area contributed by atoms with Gasteiger partial charge >= 0.3 is 6.18 Å². The fraction of sp³-hybridized carbons (Fsp3) is 0.0130. The number of rotatable bonds is 6. The SMILES string of the molecule is Fc1ccc(-c2c3c(c(-c4ccccc4-c4ccccc4)c4ccccc24)-c2ccc4c5ccc6c7c(ccc(c8ccc-3c2c84)c75)-c2c-6c(-c3ccc(C(F)(F)F)cc3)c3ccccc3c2-c2ccccc2-c2ccccc2)cc1. The zero-order valence-electron chi connectivity index (χ0n) is 43.3. The minimum Gasteiger partial charge on any atom is -0.207 e. The summed E-state index contributed by atoms with van der Waals surface area (Å²) < 4.78 is 57.7. The van der Waals surface area contributed by atoms with E-state index in [1.165, 1.54) is 22.9 Å². The van der Waals surface area contributed by atoms with Crippen molar-refractivity contribution >= 4 is 64.6 Å². The Morgan fingerprint density at radius 3 is 0.877 bits per heavy atom. The first kappa shape index (κ1) is 45.8. The summed E-state index contributed by atoms with van der Waals surface area (Å²) in [7, 11) is 0. The lowest BCUT2D eigenvalue weighted by molar-refractivity contribution is -0.137. The summed E-state index contributed by atoms with van der Waals surface area (Å²) in [6.45, 7) is 0. The Kier molecular flexibility index (Phi) is 9.57. The molecule has 4 heteroatoms. The van der Waals surface area contributed by atoms with Crippen molar-refractivity contribution in [2.75, 3.05) is 0 Å². The predicted octanol–water partition coefficient (Wildman–Crippen LogP) is 22.5. The van der Waals surface area contributed by atoms with E-state index < -0.39 is 11.7 Å². The highest BCUT2D eigenvalue weighted by atomic mass is 19.4. The standard InChI is InChI=1S/C77H42F4/c78-48-33-29-46(30-34-48)66-54-24-12-14-26-56(54)70(52-22-10-8-20-50(52)44-17-5-2-6-18-44)76-64-42-38-60-57-35-39-61-71-63(41-37-59(67(57)71)58-36-40-62(74(66)76)72(64)68(58)60)75-69(51-21-9-7-19-49(51)43-15-3-1-4-16-43)55-25-13-11-23-53(55)65(73(61)75)45-27-31-47(32-28-45)77(79,80)81/h1-42H. The second-order valence-corrected chi connectivity index (χ2v) is 21.6. The van der Waals surface area contributed by atoms with Gasteiger partial charge in [0.1, 0.15) is 5.82 Å². The van der Waals surface area contributed by atoms with Crippen molar-refractivity contribution in [2.24, 2.45) is 0 Å². The van der Waals surface area contributed by atoms with Crippen molar-refractivity contribution in [3.05, 3.63) is 266 Å². The maximum atomic E-state index is 14.9. The van der Waals surface area contributed by atoms with Crippen LogP contribution < -0.4 is 0 Å². The van der Waals surface area contributed by atoms with Crippen LogP contribution in [0.15, 0.2) is 255 Å². The fourth-order valence-corrected chi connectivity index (χ4v) is 14.4. The van der Waals surface area contributed by atoms with Gasteiger partial charge in [-0.05, 0) is 200 Å². The van der Waals surface area contributed by atoms with Gasteiger partial charge in [0, 0.05) is 0 Å². The largest absolute Gasteiger partial charge is 0.416 e. The first-order chi connectivity index (χ1) is 39.8. The highest BCUT2D eigenvalue weighted by Gasteiger charge is 2.37. The van der Waals surface area contributed by atoms with Crippen LogP contribution in [0.3, 0.4) is 0 Å². The van der Waals surface area contributed by atoms with Crippen molar-refractivity contribution in [1.82, 2.24) is 0 Å². The summed E-state index contributed by atoms with van der Waals surface area (Å²) in [5.41, 5.74) is 20.8. The third-order valence-corrected chi connectivity index (χ3v) is 17.6. The molecule has 0 aromatic heterocycles. The van der Waals surface area contributed by atoms with Crippen LogP contribution in [0.4, 0.5) is 17.6 Å². The van der Waals surface area contributed by atoms with Crippen molar-refractivity contribution in [1.29, 1.82) is 0 Å². The van der Waals surface area contributed by atoms with E-state index in [0.717, 1.165) is 165 Å². The molecule has 0 aliphatic heterocycles. The highest BCUT2D eigenvalue weighted by molar-refractivity contribution is 6.42. The van der Waals surface area contributed by atoms with Crippen molar-refractivity contribution in [3.8, 4) is 111 Å². The summed E-state index contributed by atoms with van der Waals surface area (Å²) in [5.74, 6) is -0.279. The zero-order valence-corrected chi connectivity index (χ0v) is 43.3. The summed E-state index contributed by atoms with van der Waals surface area (Å²) >= 11 is 0. The van der Waals surface area contributed by atoms with Gasteiger partial charge in [0.05, 0.1) is 5.56 Å². The van der Waals surface area contributed by atoms with Gasteiger partial charge in [0.15, 0.2) is 0 Å². The van der Waals surface area contributed by atoms with Crippen LogP contribution in [0.25, 0.3) is 176 Å². The van der Waals surface area contributed by atoms with Gasteiger partial charge < -0.3 is 0 Å². The number of fused-ring (bicyclic) bond motifs is 10. The zero-order chi connectivity index (χ0) is 53.8. The van der Waals surface area contributed by atoms with E-state index in [1.807, 2.05) is 24.3 Å². The molecule has 0 unspecified atom stereocenters. The van der Waals surface area contributed by atoms with Gasteiger partial charge in [-0.25, -0.2) is 4.39 Å². The second-order valence-electron chi connectivity index (χ2n) is 21.6. The maximum Gasteiger partial charge on any atom is 0.416 e. The molecule has 0 spiro atoms. The molecule has 0 fully saturated rings. The van der Waals surface area contributed by atoms with Gasteiger partial charge in [-0.15, -0.1) is 0 Å². The first-order valence-corrected chi connectivity index (χ1v) is 27.4. The van der Waals surface area contributed by atoms with Crippen molar-refractivity contribution < 1.29 is 17.6 Å². The monoisotopic (exact) mass is 1040 g/mol. The van der Waals surface area contributed by atoms with E-state index in [9.17, 15) is 17.6 Å². The number of benzene rings is 15. The molecule has 0 saturated carbocycles. The van der Waals surface area contributed by atoms with E-state index in [-0.39, 0.29) is 5.82 Å². The molecule has 0 saturated heterocycles. The fourth-order valence-electron chi connectivity index (χ4n) is 14.4. The van der Waals surface area contributed by atoms with E-state index in [2.05, 4.69) is 194 Å². The Hall–Kier alpha value is -10.2. The van der Waals surface area contributed by atoms with Gasteiger partial charge in [-0.1, -0.05) is 231 Å². The number of hydrogen-bond donors (Lipinski definition) is 0. The topological polar surface area (TPSA) is 0 Å². The summed E-state index contributed by atoms with van der Waals surface area (Å²) in [5, 5.41) is 13.5. The Morgan fingerprint density at radius 1 is 0.198 bits per heavy atom. The molecule has 2 aliphatic carbocycles. The van der Waals surface area contributed by atoms with Gasteiger partial charge in [-0.3, -0.25) is 0 Å². The molecule has 378 valence electrons. The van der Waals surface area contributed by atoms with Crippen LogP contribution in [0.1, 0.15) is 5.56 Å². The molecule has 81 heavy (non-hydrogen) atoms. The quantitative estimate of drug-likeness (QED) is 0.0884. The molecule has 17 rings (SSSR count). The third-order valence-electron chi connectivity index (χ3n) is 17.6. The molecule has 0 radical (unpaired) electrons. The molecule has 2 aliphatic rings. The smallest absolute Gasteiger partial charge is 0.207 e. The summed E-state index contributed by atoms with van der Waals surface area (Å²) in [6, 6.07) is 86.7. The van der Waals surface area contributed by atoms with Crippen molar-refractivity contribution in [2.45, 2.75) is 6.18 Å². The van der Waals surface area contributed by atoms with E-state index in [4.69, 9.17) is 0 Å². The van der Waals surface area contributed by atoms with E-state index >= 15 is 0 Å². The van der Waals surface area contributed by atoms with E-state index in [1.54, 1.807) is 24.3 Å². The number of halogens is 4. The molecule has 0 atom stereocenters. The molecule has 0 N–H and O–H groups in total. The lowest BCUT2D eigenvalue weighted by Crippen LogP contribution is -2.04. The third kappa shape index (κ3) is 6.42. The lowest BCUT2D eigenvalue weighted by Gasteiger charge is -2.22. The van der Waals surface area contributed by atoms with Gasteiger partial charge in [0.25, 0.3) is 0 Å². The molecule has 15 aromatic rings. The summed E-state index contributed by atoms with van der Waals surface area (Å²) in [6.07, 6.45) is -4.48. The molecule has 0 heterocycles. The van der Waals surface area contributed by atoms with Gasteiger partial charge in [0.2, 0.25) is 0 Å². The van der Waals surface area contributed by atoms with Crippen molar-refractivity contribution in [3.63, 3.8) is 0 Å². The molecular formula is C77H42F4. The average molecular weight is 1040 g/mol. The van der Waals surface area contributed by atoms with Gasteiger partial charge in [-0.2, -0.15) is 13.2 Å². The average Bonchev–Trinajstić information content (AvgIpc) is 2.47. The van der Waals surface area contributed by atoms with Crippen LogP contribution in [0, 0.1) is 5.82 Å². The molecule has 15 aromatic carbocycles. The lowest BCUT2D eigenvalue weighted by atomic mass is 9.81.